The number of hydrogen-bond acceptors (Lipinski definition) is 4. The maximum absolute atomic E-state index is 5.33. The zero-order chi connectivity index (χ0) is 12.3. The monoisotopic (exact) mass is 235 g/mol. The van der Waals surface area contributed by atoms with E-state index in [4.69, 9.17) is 4.74 Å². The Labute approximate surface area is 100 Å². The largest absolute Gasteiger partial charge is 0.493 e. The molecule has 0 spiro atoms. The Morgan fingerprint density at radius 2 is 2.41 bits per heavy atom. The van der Waals surface area contributed by atoms with Gasteiger partial charge in [-0.05, 0) is 6.54 Å². The molecule has 0 saturated heterocycles. The minimum absolute atomic E-state index is 0.0440. The first-order chi connectivity index (χ1) is 8.27. The highest BCUT2D eigenvalue weighted by Gasteiger charge is 2.23. The topological polar surface area (TPSA) is 67.8 Å². The summed E-state index contributed by atoms with van der Waals surface area (Å²) in [6.45, 7) is 2.89. The number of imidazole rings is 1. The van der Waals surface area contributed by atoms with Gasteiger partial charge in [-0.25, -0.2) is 4.98 Å². The van der Waals surface area contributed by atoms with Crippen LogP contribution in [0.5, 0.6) is 5.75 Å². The standard InChI is InChI=1S/C11H17N5O/c1-4-12-9(11-13-5-6-14-11)10-8(17-3)7-15-16(10)2/h5-7,9,12H,4H2,1-3H3,(H,13,14). The van der Waals surface area contributed by atoms with Gasteiger partial charge in [0.15, 0.2) is 5.75 Å². The summed E-state index contributed by atoms with van der Waals surface area (Å²) in [5, 5.41) is 7.58. The predicted octanol–water partition coefficient (Wildman–Crippen LogP) is 0.851. The first-order valence-corrected chi connectivity index (χ1v) is 5.56. The van der Waals surface area contributed by atoms with Gasteiger partial charge in [-0.2, -0.15) is 5.10 Å². The molecule has 2 aromatic heterocycles. The van der Waals surface area contributed by atoms with Crippen LogP contribution in [0.4, 0.5) is 0 Å². The Bertz CT molecular complexity index is 462. The number of hydrogen-bond donors (Lipinski definition) is 2. The van der Waals surface area contributed by atoms with Gasteiger partial charge >= 0.3 is 0 Å². The smallest absolute Gasteiger partial charge is 0.162 e. The van der Waals surface area contributed by atoms with Crippen molar-refractivity contribution < 1.29 is 4.74 Å². The summed E-state index contributed by atoms with van der Waals surface area (Å²) in [5.41, 5.74) is 0.962. The number of nitrogens with zero attached hydrogens (tertiary/aromatic N) is 3. The van der Waals surface area contributed by atoms with Crippen LogP contribution < -0.4 is 10.1 Å². The van der Waals surface area contributed by atoms with Crippen LogP contribution in [0.15, 0.2) is 18.6 Å². The van der Waals surface area contributed by atoms with Crippen LogP contribution in [0.25, 0.3) is 0 Å². The summed E-state index contributed by atoms with van der Waals surface area (Å²) in [5.74, 6) is 1.61. The Kier molecular flexibility index (Phi) is 3.43. The van der Waals surface area contributed by atoms with E-state index in [2.05, 4.69) is 27.3 Å². The third-order valence-electron chi connectivity index (χ3n) is 2.64. The average molecular weight is 235 g/mol. The predicted molar refractivity (Wildman–Crippen MR) is 63.9 cm³/mol. The van der Waals surface area contributed by atoms with E-state index in [0.717, 1.165) is 23.8 Å². The molecular formula is C11H17N5O. The molecule has 0 amide bonds. The van der Waals surface area contributed by atoms with E-state index in [9.17, 15) is 0 Å². The van der Waals surface area contributed by atoms with Crippen molar-refractivity contribution in [3.05, 3.63) is 30.1 Å². The summed E-state index contributed by atoms with van der Waals surface area (Å²) in [6, 6.07) is -0.0440. The number of nitrogens with one attached hydrogen (secondary N) is 2. The molecule has 1 atom stereocenters. The Hall–Kier alpha value is -1.82. The molecule has 0 fully saturated rings. The molecule has 0 aromatic carbocycles. The number of aromatic amines is 1. The molecule has 6 nitrogen and oxygen atoms in total. The fourth-order valence-electron chi connectivity index (χ4n) is 1.88. The van der Waals surface area contributed by atoms with Crippen LogP contribution in [0, 0.1) is 0 Å². The van der Waals surface area contributed by atoms with Crippen molar-refractivity contribution in [3.8, 4) is 5.75 Å². The summed E-state index contributed by atoms with van der Waals surface area (Å²) >= 11 is 0. The van der Waals surface area contributed by atoms with Crippen LogP contribution in [0.3, 0.4) is 0 Å². The third-order valence-corrected chi connectivity index (χ3v) is 2.64. The number of H-pyrrole nitrogens is 1. The van der Waals surface area contributed by atoms with Crippen molar-refractivity contribution >= 4 is 0 Å². The second-order valence-corrected chi connectivity index (χ2v) is 3.69. The van der Waals surface area contributed by atoms with E-state index in [1.807, 2.05) is 13.2 Å². The maximum atomic E-state index is 5.33. The van der Waals surface area contributed by atoms with Gasteiger partial charge in [0, 0.05) is 19.4 Å². The molecule has 1 unspecified atom stereocenters. The van der Waals surface area contributed by atoms with E-state index in [1.54, 1.807) is 24.2 Å². The Balaban J connectivity index is 2.42. The van der Waals surface area contributed by atoms with Crippen molar-refractivity contribution in [2.24, 2.45) is 7.05 Å². The quantitative estimate of drug-likeness (QED) is 0.806. The zero-order valence-electron chi connectivity index (χ0n) is 10.3. The molecular weight excluding hydrogens is 218 g/mol. The van der Waals surface area contributed by atoms with Gasteiger partial charge in [0.1, 0.15) is 17.6 Å². The van der Waals surface area contributed by atoms with Crippen LogP contribution in [0.2, 0.25) is 0 Å². The maximum Gasteiger partial charge on any atom is 0.162 e. The number of rotatable bonds is 5. The molecule has 92 valence electrons. The lowest BCUT2D eigenvalue weighted by Gasteiger charge is -2.17. The van der Waals surface area contributed by atoms with E-state index < -0.39 is 0 Å². The van der Waals surface area contributed by atoms with E-state index in [1.165, 1.54) is 0 Å². The lowest BCUT2D eigenvalue weighted by atomic mass is 10.2. The molecule has 0 aliphatic heterocycles. The minimum Gasteiger partial charge on any atom is -0.493 e. The zero-order valence-corrected chi connectivity index (χ0v) is 10.3. The SMILES string of the molecule is CCNC(c1ncc[nH]1)c1c(OC)cnn1C. The normalized spacial score (nSPS) is 12.6. The van der Waals surface area contributed by atoms with Crippen molar-refractivity contribution in [1.82, 2.24) is 25.1 Å². The van der Waals surface area contributed by atoms with Crippen LogP contribution in [-0.2, 0) is 7.05 Å². The molecule has 0 aliphatic rings. The van der Waals surface area contributed by atoms with Crippen LogP contribution >= 0.6 is 0 Å². The fourth-order valence-corrected chi connectivity index (χ4v) is 1.88. The van der Waals surface area contributed by atoms with Gasteiger partial charge < -0.3 is 15.0 Å². The molecule has 0 radical (unpaired) electrons. The van der Waals surface area contributed by atoms with Crippen molar-refractivity contribution in [3.63, 3.8) is 0 Å². The molecule has 2 N–H and O–H groups in total. The van der Waals surface area contributed by atoms with E-state index >= 15 is 0 Å². The highest BCUT2D eigenvalue weighted by molar-refractivity contribution is 5.32. The third kappa shape index (κ3) is 2.16. The first kappa shape index (κ1) is 11.7. The second-order valence-electron chi connectivity index (χ2n) is 3.69. The highest BCUT2D eigenvalue weighted by atomic mass is 16.5. The second kappa shape index (κ2) is 5.01. The molecule has 17 heavy (non-hydrogen) atoms. The van der Waals surface area contributed by atoms with Gasteiger partial charge in [0.05, 0.1) is 13.3 Å². The fraction of sp³-hybridized carbons (Fsp3) is 0.455. The highest BCUT2D eigenvalue weighted by Crippen LogP contribution is 2.27. The summed E-state index contributed by atoms with van der Waals surface area (Å²) in [4.78, 5) is 7.41. The van der Waals surface area contributed by atoms with E-state index in [0.29, 0.717) is 0 Å². The van der Waals surface area contributed by atoms with Crippen LogP contribution in [-0.4, -0.2) is 33.4 Å². The summed E-state index contributed by atoms with van der Waals surface area (Å²) in [6.07, 6.45) is 5.26. The minimum atomic E-state index is -0.0440. The van der Waals surface area contributed by atoms with Crippen molar-refractivity contribution in [2.45, 2.75) is 13.0 Å². The summed E-state index contributed by atoms with van der Waals surface area (Å²) < 4.78 is 7.13. The van der Waals surface area contributed by atoms with Gasteiger partial charge in [-0.15, -0.1) is 0 Å². The molecule has 2 aromatic rings. The lowest BCUT2D eigenvalue weighted by Crippen LogP contribution is -2.25. The van der Waals surface area contributed by atoms with Crippen molar-refractivity contribution in [2.75, 3.05) is 13.7 Å². The molecule has 0 bridgehead atoms. The lowest BCUT2D eigenvalue weighted by molar-refractivity contribution is 0.400. The molecule has 2 heterocycles. The van der Waals surface area contributed by atoms with Gasteiger partial charge in [-0.1, -0.05) is 6.92 Å². The number of methoxy groups -OCH3 is 1. The number of aromatic nitrogens is 4. The van der Waals surface area contributed by atoms with Crippen molar-refractivity contribution in [1.29, 1.82) is 0 Å². The Morgan fingerprint density at radius 1 is 1.59 bits per heavy atom. The molecule has 6 heteroatoms. The van der Waals surface area contributed by atoms with E-state index in [-0.39, 0.29) is 6.04 Å². The molecule has 2 rings (SSSR count). The molecule has 0 saturated carbocycles. The summed E-state index contributed by atoms with van der Waals surface area (Å²) in [7, 11) is 3.54. The first-order valence-electron chi connectivity index (χ1n) is 5.56. The number of aryl methyl sites for hydroxylation is 1. The molecule has 0 aliphatic carbocycles. The average Bonchev–Trinajstić information content (AvgIpc) is 2.95. The van der Waals surface area contributed by atoms with Gasteiger partial charge in [0.2, 0.25) is 0 Å². The van der Waals surface area contributed by atoms with Crippen LogP contribution in [0.1, 0.15) is 24.5 Å². The van der Waals surface area contributed by atoms with Gasteiger partial charge in [-0.3, -0.25) is 4.68 Å². The van der Waals surface area contributed by atoms with Gasteiger partial charge in [0.25, 0.3) is 0 Å². The Morgan fingerprint density at radius 3 is 3.00 bits per heavy atom. The number of ether oxygens (including phenoxy) is 1.